The van der Waals surface area contributed by atoms with E-state index >= 15 is 0 Å². The average molecular weight is 208 g/mol. The van der Waals surface area contributed by atoms with Gasteiger partial charge in [-0.1, -0.05) is 5.92 Å². The van der Waals surface area contributed by atoms with Crippen molar-refractivity contribution in [2.24, 2.45) is 0 Å². The van der Waals surface area contributed by atoms with Crippen LogP contribution in [0, 0.1) is 11.2 Å². The lowest BCUT2D eigenvalue weighted by atomic mass is 10.4. The minimum Gasteiger partial charge on any atom is -0.292 e. The van der Waals surface area contributed by atoms with Crippen molar-refractivity contribution >= 4 is 19.7 Å². The SMILES string of the molecule is O=S(=O)(Cl)C#CCN1CCCC1. The molecule has 5 heteroatoms. The summed E-state index contributed by atoms with van der Waals surface area (Å²) >= 11 is 0. The number of hydrogen-bond acceptors (Lipinski definition) is 3. The Morgan fingerprint density at radius 3 is 2.42 bits per heavy atom. The standard InChI is InChI=1S/C7H10ClNO2S/c8-12(10,11)7-3-6-9-4-1-2-5-9/h1-2,4-6H2. The summed E-state index contributed by atoms with van der Waals surface area (Å²) in [5, 5.41) is 1.99. The van der Waals surface area contributed by atoms with Gasteiger partial charge in [-0.05, 0) is 25.9 Å². The predicted molar refractivity (Wildman–Crippen MR) is 48.2 cm³/mol. The molecule has 1 aliphatic rings. The predicted octanol–water partition coefficient (Wildman–Crippen LogP) is 0.612. The van der Waals surface area contributed by atoms with E-state index in [1.165, 1.54) is 12.8 Å². The van der Waals surface area contributed by atoms with E-state index in [1.807, 2.05) is 5.25 Å². The Kier molecular flexibility index (Phi) is 3.39. The second-order valence-corrected chi connectivity index (χ2v) is 5.00. The number of halogens is 1. The molecule has 1 aliphatic heterocycles. The van der Waals surface area contributed by atoms with Gasteiger partial charge in [0.1, 0.15) is 0 Å². The lowest BCUT2D eigenvalue weighted by molar-refractivity contribution is 0.383. The molecular weight excluding hydrogens is 198 g/mol. The van der Waals surface area contributed by atoms with Gasteiger partial charge in [-0.25, -0.2) is 0 Å². The van der Waals surface area contributed by atoms with E-state index in [1.54, 1.807) is 0 Å². The van der Waals surface area contributed by atoms with Gasteiger partial charge in [0.05, 0.1) is 6.54 Å². The van der Waals surface area contributed by atoms with Crippen LogP contribution in [0.1, 0.15) is 12.8 Å². The van der Waals surface area contributed by atoms with Crippen molar-refractivity contribution in [3.63, 3.8) is 0 Å². The molecule has 0 aliphatic carbocycles. The zero-order chi connectivity index (χ0) is 9.03. The average Bonchev–Trinajstić information content (AvgIpc) is 2.36. The number of nitrogens with zero attached hydrogens (tertiary/aromatic N) is 1. The molecule has 0 radical (unpaired) electrons. The van der Waals surface area contributed by atoms with Gasteiger partial charge >= 0.3 is 9.05 Å². The Bertz CT molecular complexity index is 295. The van der Waals surface area contributed by atoms with Crippen LogP contribution < -0.4 is 0 Å². The third kappa shape index (κ3) is 3.96. The van der Waals surface area contributed by atoms with Gasteiger partial charge < -0.3 is 0 Å². The summed E-state index contributed by atoms with van der Waals surface area (Å²) in [5.41, 5.74) is 0. The third-order valence-electron chi connectivity index (χ3n) is 1.70. The van der Waals surface area contributed by atoms with E-state index in [2.05, 4.69) is 10.8 Å². The fourth-order valence-electron chi connectivity index (χ4n) is 1.17. The van der Waals surface area contributed by atoms with E-state index in [9.17, 15) is 8.42 Å². The Hall–Kier alpha value is -0.240. The molecule has 1 rings (SSSR count). The van der Waals surface area contributed by atoms with Crippen LogP contribution in [0.4, 0.5) is 0 Å². The molecule has 0 unspecified atom stereocenters. The highest BCUT2D eigenvalue weighted by molar-refractivity contribution is 8.17. The van der Waals surface area contributed by atoms with E-state index in [4.69, 9.17) is 10.7 Å². The van der Waals surface area contributed by atoms with Gasteiger partial charge in [0.2, 0.25) is 0 Å². The van der Waals surface area contributed by atoms with Gasteiger partial charge in [-0.15, -0.1) is 0 Å². The normalized spacial score (nSPS) is 18.8. The summed E-state index contributed by atoms with van der Waals surface area (Å²) in [6.45, 7) is 2.53. The fourth-order valence-corrected chi connectivity index (χ4v) is 1.57. The lowest BCUT2D eigenvalue weighted by Crippen LogP contribution is -2.19. The largest absolute Gasteiger partial charge is 0.300 e. The molecule has 1 heterocycles. The molecule has 0 amide bonds. The van der Waals surface area contributed by atoms with Crippen molar-refractivity contribution in [1.82, 2.24) is 4.90 Å². The van der Waals surface area contributed by atoms with Gasteiger partial charge in [0, 0.05) is 15.9 Å². The molecule has 0 bridgehead atoms. The third-order valence-corrected chi connectivity index (χ3v) is 2.32. The van der Waals surface area contributed by atoms with Crippen molar-refractivity contribution in [2.45, 2.75) is 12.8 Å². The summed E-state index contributed by atoms with van der Waals surface area (Å²) in [5.74, 6) is 2.52. The Balaban J connectivity index is 2.36. The molecule has 0 spiro atoms. The van der Waals surface area contributed by atoms with Gasteiger partial charge in [0.15, 0.2) is 0 Å². The lowest BCUT2D eigenvalue weighted by Gasteiger charge is -2.07. The highest BCUT2D eigenvalue weighted by atomic mass is 35.7. The first-order valence-corrected chi connectivity index (χ1v) is 6.05. The van der Waals surface area contributed by atoms with Crippen LogP contribution in [0.3, 0.4) is 0 Å². The van der Waals surface area contributed by atoms with Crippen LogP contribution in [0.15, 0.2) is 0 Å². The van der Waals surface area contributed by atoms with Crippen molar-refractivity contribution in [3.8, 4) is 11.2 Å². The summed E-state index contributed by atoms with van der Waals surface area (Å²) in [4.78, 5) is 2.11. The van der Waals surface area contributed by atoms with Crippen LogP contribution in [-0.2, 0) is 9.05 Å². The van der Waals surface area contributed by atoms with E-state index in [0.717, 1.165) is 13.1 Å². The Labute approximate surface area is 77.1 Å². The second-order valence-electron chi connectivity index (χ2n) is 2.70. The maximum absolute atomic E-state index is 10.4. The molecule has 0 N–H and O–H groups in total. The van der Waals surface area contributed by atoms with Crippen LogP contribution in [0.25, 0.3) is 0 Å². The molecule has 0 aromatic carbocycles. The van der Waals surface area contributed by atoms with Crippen molar-refractivity contribution in [2.75, 3.05) is 19.6 Å². The molecule has 1 fully saturated rings. The molecule has 0 aromatic heterocycles. The molecule has 0 atom stereocenters. The van der Waals surface area contributed by atoms with Crippen molar-refractivity contribution < 1.29 is 8.42 Å². The maximum atomic E-state index is 10.4. The number of likely N-dealkylation sites (tertiary alicyclic amines) is 1. The summed E-state index contributed by atoms with van der Waals surface area (Å²) in [6.07, 6.45) is 2.35. The summed E-state index contributed by atoms with van der Waals surface area (Å²) in [7, 11) is 1.27. The van der Waals surface area contributed by atoms with Crippen LogP contribution in [0.2, 0.25) is 0 Å². The summed E-state index contributed by atoms with van der Waals surface area (Å²) < 4.78 is 20.8. The van der Waals surface area contributed by atoms with Crippen molar-refractivity contribution in [3.05, 3.63) is 0 Å². The zero-order valence-corrected chi connectivity index (χ0v) is 8.16. The molecule has 12 heavy (non-hydrogen) atoms. The van der Waals surface area contributed by atoms with Gasteiger partial charge in [-0.3, -0.25) is 4.90 Å². The highest BCUT2D eigenvalue weighted by Gasteiger charge is 2.09. The minimum atomic E-state index is -3.63. The zero-order valence-electron chi connectivity index (χ0n) is 6.59. The fraction of sp³-hybridized carbons (Fsp3) is 0.714. The molecule has 0 saturated carbocycles. The molecule has 3 nitrogen and oxygen atoms in total. The molecule has 1 saturated heterocycles. The first-order valence-electron chi connectivity index (χ1n) is 3.74. The smallest absolute Gasteiger partial charge is 0.292 e. The van der Waals surface area contributed by atoms with Crippen molar-refractivity contribution in [1.29, 1.82) is 0 Å². The quantitative estimate of drug-likeness (QED) is 0.467. The second kappa shape index (κ2) is 4.13. The van der Waals surface area contributed by atoms with Crippen LogP contribution >= 0.6 is 10.7 Å². The highest BCUT2D eigenvalue weighted by Crippen LogP contribution is 2.05. The van der Waals surface area contributed by atoms with E-state index in [0.29, 0.717) is 6.54 Å². The van der Waals surface area contributed by atoms with E-state index < -0.39 is 9.05 Å². The van der Waals surface area contributed by atoms with Gasteiger partial charge in [-0.2, -0.15) is 8.42 Å². The molecule has 0 aromatic rings. The van der Waals surface area contributed by atoms with Crippen LogP contribution in [-0.4, -0.2) is 33.0 Å². The van der Waals surface area contributed by atoms with E-state index in [-0.39, 0.29) is 0 Å². The first kappa shape index (κ1) is 9.85. The first-order chi connectivity index (χ1) is 5.58. The Morgan fingerprint density at radius 1 is 1.33 bits per heavy atom. The van der Waals surface area contributed by atoms with Crippen LogP contribution in [0.5, 0.6) is 0 Å². The monoisotopic (exact) mass is 207 g/mol. The number of hydrogen-bond donors (Lipinski definition) is 0. The maximum Gasteiger partial charge on any atom is 0.300 e. The summed E-state index contributed by atoms with van der Waals surface area (Å²) in [6, 6.07) is 0. The van der Waals surface area contributed by atoms with Gasteiger partial charge in [0.25, 0.3) is 0 Å². The molecular formula is C7H10ClNO2S. The Morgan fingerprint density at radius 2 is 1.92 bits per heavy atom. The minimum absolute atomic E-state index is 0.506. The topological polar surface area (TPSA) is 37.4 Å². The number of rotatable bonds is 1. The molecule has 68 valence electrons.